The highest BCUT2D eigenvalue weighted by Gasteiger charge is 2.07. The van der Waals surface area contributed by atoms with E-state index in [-0.39, 0.29) is 11.8 Å². The zero-order chi connectivity index (χ0) is 14.4. The molecular formula is C15H16N2O2S. The Morgan fingerprint density at radius 1 is 1.05 bits per heavy atom. The Kier molecular flexibility index (Phi) is 4.90. The maximum absolute atomic E-state index is 11.9. The van der Waals surface area contributed by atoms with Gasteiger partial charge in [-0.15, -0.1) is 11.3 Å². The third-order valence-corrected chi connectivity index (χ3v) is 3.52. The van der Waals surface area contributed by atoms with Crippen LogP contribution < -0.4 is 10.6 Å². The van der Waals surface area contributed by atoms with Crippen molar-refractivity contribution >= 4 is 34.5 Å². The predicted octanol–water partition coefficient (Wildman–Crippen LogP) is 3.74. The molecule has 0 saturated carbocycles. The number of carbonyl (C=O) groups is 2. The number of amides is 2. The summed E-state index contributed by atoms with van der Waals surface area (Å²) in [5.74, 6) is -0.120. The molecular weight excluding hydrogens is 272 g/mol. The molecule has 0 spiro atoms. The first-order valence-electron chi connectivity index (χ1n) is 6.44. The van der Waals surface area contributed by atoms with Crippen LogP contribution in [0.1, 0.15) is 29.4 Å². The Morgan fingerprint density at radius 2 is 1.70 bits per heavy atom. The van der Waals surface area contributed by atoms with E-state index in [0.29, 0.717) is 17.0 Å². The van der Waals surface area contributed by atoms with Crippen LogP contribution in [0.3, 0.4) is 0 Å². The van der Waals surface area contributed by atoms with Crippen LogP contribution in [0.4, 0.5) is 11.4 Å². The van der Waals surface area contributed by atoms with Crippen LogP contribution in [0.25, 0.3) is 0 Å². The fourth-order valence-corrected chi connectivity index (χ4v) is 2.31. The summed E-state index contributed by atoms with van der Waals surface area (Å²) in [6, 6.07) is 10.7. The summed E-state index contributed by atoms with van der Waals surface area (Å²) in [5.41, 5.74) is 1.44. The largest absolute Gasteiger partial charge is 0.326 e. The summed E-state index contributed by atoms with van der Waals surface area (Å²) >= 11 is 1.40. The van der Waals surface area contributed by atoms with Gasteiger partial charge in [-0.2, -0.15) is 0 Å². The van der Waals surface area contributed by atoms with Crippen molar-refractivity contribution in [3.05, 3.63) is 46.7 Å². The molecule has 1 aromatic carbocycles. The Bertz CT molecular complexity index is 576. The fraction of sp³-hybridized carbons (Fsp3) is 0.200. The minimum Gasteiger partial charge on any atom is -0.326 e. The van der Waals surface area contributed by atoms with E-state index in [0.717, 1.165) is 12.1 Å². The number of anilines is 2. The van der Waals surface area contributed by atoms with Gasteiger partial charge in [0.1, 0.15) is 0 Å². The molecule has 1 heterocycles. The average Bonchev–Trinajstić information content (AvgIpc) is 2.95. The number of nitrogens with one attached hydrogen (secondary N) is 2. The third kappa shape index (κ3) is 3.93. The first-order chi connectivity index (χ1) is 9.69. The van der Waals surface area contributed by atoms with Crippen molar-refractivity contribution in [3.63, 3.8) is 0 Å². The second-order valence-corrected chi connectivity index (χ2v) is 5.25. The maximum Gasteiger partial charge on any atom is 0.265 e. The Balaban J connectivity index is 1.95. The Hall–Kier alpha value is -2.14. The van der Waals surface area contributed by atoms with Crippen LogP contribution in [-0.2, 0) is 4.79 Å². The molecule has 4 nitrogen and oxygen atoms in total. The van der Waals surface area contributed by atoms with Gasteiger partial charge >= 0.3 is 0 Å². The van der Waals surface area contributed by atoms with E-state index >= 15 is 0 Å². The molecule has 2 rings (SSSR count). The number of rotatable bonds is 5. The molecule has 20 heavy (non-hydrogen) atoms. The molecule has 0 bridgehead atoms. The lowest BCUT2D eigenvalue weighted by Gasteiger charge is -2.07. The van der Waals surface area contributed by atoms with Crippen molar-refractivity contribution in [2.24, 2.45) is 0 Å². The molecule has 1 aromatic heterocycles. The summed E-state index contributed by atoms with van der Waals surface area (Å²) in [7, 11) is 0. The van der Waals surface area contributed by atoms with Crippen LogP contribution >= 0.6 is 11.3 Å². The number of hydrogen-bond donors (Lipinski definition) is 2. The molecule has 2 N–H and O–H groups in total. The minimum atomic E-state index is -0.122. The van der Waals surface area contributed by atoms with Crippen molar-refractivity contribution < 1.29 is 9.59 Å². The fourth-order valence-electron chi connectivity index (χ4n) is 1.69. The van der Waals surface area contributed by atoms with Gasteiger partial charge in [0.2, 0.25) is 5.91 Å². The topological polar surface area (TPSA) is 58.2 Å². The summed E-state index contributed by atoms with van der Waals surface area (Å²) in [6.07, 6.45) is 1.33. The SMILES string of the molecule is CCCC(=O)Nc1ccc(NC(=O)c2cccs2)cc1. The van der Waals surface area contributed by atoms with Gasteiger partial charge in [-0.25, -0.2) is 0 Å². The molecule has 2 aromatic rings. The predicted molar refractivity (Wildman–Crippen MR) is 82.3 cm³/mol. The van der Waals surface area contributed by atoms with E-state index in [2.05, 4.69) is 10.6 Å². The van der Waals surface area contributed by atoms with E-state index in [4.69, 9.17) is 0 Å². The van der Waals surface area contributed by atoms with E-state index in [9.17, 15) is 9.59 Å². The highest BCUT2D eigenvalue weighted by Crippen LogP contribution is 2.16. The second-order valence-electron chi connectivity index (χ2n) is 4.31. The lowest BCUT2D eigenvalue weighted by molar-refractivity contribution is -0.116. The molecule has 0 aliphatic heterocycles. The van der Waals surface area contributed by atoms with Gasteiger partial charge in [0.25, 0.3) is 5.91 Å². The van der Waals surface area contributed by atoms with Crippen LogP contribution in [0.2, 0.25) is 0 Å². The zero-order valence-electron chi connectivity index (χ0n) is 11.2. The molecule has 0 unspecified atom stereocenters. The molecule has 0 radical (unpaired) electrons. The highest BCUT2D eigenvalue weighted by atomic mass is 32.1. The summed E-state index contributed by atoms with van der Waals surface area (Å²) in [6.45, 7) is 1.96. The molecule has 104 valence electrons. The van der Waals surface area contributed by atoms with Gasteiger partial charge in [0.05, 0.1) is 4.88 Å². The number of hydrogen-bond acceptors (Lipinski definition) is 3. The standard InChI is InChI=1S/C15H16N2O2S/c1-2-4-14(18)16-11-6-8-12(9-7-11)17-15(19)13-5-3-10-20-13/h3,5-10H,2,4H2,1H3,(H,16,18)(H,17,19). The number of carbonyl (C=O) groups excluding carboxylic acids is 2. The highest BCUT2D eigenvalue weighted by molar-refractivity contribution is 7.12. The monoisotopic (exact) mass is 288 g/mol. The van der Waals surface area contributed by atoms with Crippen LogP contribution in [0.15, 0.2) is 41.8 Å². The van der Waals surface area contributed by atoms with Crippen molar-refractivity contribution in [2.45, 2.75) is 19.8 Å². The lowest BCUT2D eigenvalue weighted by atomic mass is 10.2. The van der Waals surface area contributed by atoms with Crippen molar-refractivity contribution in [2.75, 3.05) is 10.6 Å². The van der Waals surface area contributed by atoms with Gasteiger partial charge in [-0.3, -0.25) is 9.59 Å². The normalized spacial score (nSPS) is 10.1. The smallest absolute Gasteiger partial charge is 0.265 e. The van der Waals surface area contributed by atoms with Crippen LogP contribution in [-0.4, -0.2) is 11.8 Å². The molecule has 0 atom stereocenters. The molecule has 0 aliphatic carbocycles. The molecule has 0 aliphatic rings. The van der Waals surface area contributed by atoms with Gasteiger partial charge in [0.15, 0.2) is 0 Å². The Morgan fingerprint density at radius 3 is 2.25 bits per heavy atom. The molecule has 0 fully saturated rings. The van der Waals surface area contributed by atoms with Crippen LogP contribution in [0, 0.1) is 0 Å². The summed E-state index contributed by atoms with van der Waals surface area (Å²) in [4.78, 5) is 24.0. The van der Waals surface area contributed by atoms with Crippen molar-refractivity contribution in [3.8, 4) is 0 Å². The van der Waals surface area contributed by atoms with E-state index in [1.807, 2.05) is 18.4 Å². The summed E-state index contributed by atoms with van der Waals surface area (Å²) < 4.78 is 0. The molecule has 5 heteroatoms. The van der Waals surface area contributed by atoms with Gasteiger partial charge in [-0.1, -0.05) is 13.0 Å². The zero-order valence-corrected chi connectivity index (χ0v) is 12.0. The molecule has 0 saturated heterocycles. The average molecular weight is 288 g/mol. The van der Waals surface area contributed by atoms with Gasteiger partial charge in [0, 0.05) is 17.8 Å². The minimum absolute atomic E-state index is 0.00266. The van der Waals surface area contributed by atoms with E-state index in [1.165, 1.54) is 11.3 Å². The third-order valence-electron chi connectivity index (χ3n) is 2.65. The number of benzene rings is 1. The summed E-state index contributed by atoms with van der Waals surface area (Å²) in [5, 5.41) is 7.47. The van der Waals surface area contributed by atoms with Crippen molar-refractivity contribution in [1.29, 1.82) is 0 Å². The van der Waals surface area contributed by atoms with Crippen LogP contribution in [0.5, 0.6) is 0 Å². The van der Waals surface area contributed by atoms with Crippen molar-refractivity contribution in [1.82, 2.24) is 0 Å². The van der Waals surface area contributed by atoms with Gasteiger partial charge < -0.3 is 10.6 Å². The first-order valence-corrected chi connectivity index (χ1v) is 7.32. The second kappa shape index (κ2) is 6.86. The first kappa shape index (κ1) is 14.3. The maximum atomic E-state index is 11.9. The quantitative estimate of drug-likeness (QED) is 0.880. The molecule has 2 amide bonds. The van der Waals surface area contributed by atoms with Gasteiger partial charge in [-0.05, 0) is 42.1 Å². The Labute approximate surface area is 121 Å². The lowest BCUT2D eigenvalue weighted by Crippen LogP contribution is -2.11. The number of thiophene rings is 1. The van der Waals surface area contributed by atoms with E-state index in [1.54, 1.807) is 30.3 Å². The van der Waals surface area contributed by atoms with E-state index < -0.39 is 0 Å².